The molecule has 8 heteroatoms. The normalized spacial score (nSPS) is 18.2. The van der Waals surface area contributed by atoms with Crippen molar-refractivity contribution in [3.8, 4) is 0 Å². The maximum Gasteiger partial charge on any atom is 0.215 e. The zero-order chi connectivity index (χ0) is 17.4. The maximum absolute atomic E-state index is 12.3. The van der Waals surface area contributed by atoms with Crippen LogP contribution in [0.1, 0.15) is 18.5 Å². The Balaban J connectivity index is 1.81. The molecule has 0 radical (unpaired) electrons. The molecule has 0 aliphatic carbocycles. The summed E-state index contributed by atoms with van der Waals surface area (Å²) in [5.74, 6) is 0.622. The van der Waals surface area contributed by atoms with Crippen LogP contribution in [0.4, 0.5) is 0 Å². The van der Waals surface area contributed by atoms with Gasteiger partial charge in [-0.15, -0.1) is 0 Å². The molecular formula is C16H26N4O3S. The number of benzene rings is 1. The topological polar surface area (TPSA) is 83.0 Å². The number of rotatable bonds is 6. The van der Waals surface area contributed by atoms with Gasteiger partial charge in [0.1, 0.15) is 0 Å². The standard InChI is InChI=1S/C16H26N4O3S/c1-14(15-6-4-3-5-7-15)19-16(17-2)18-8-13-24(21,22)20-9-11-23-12-10-20/h3-7,14H,8-13H2,1-2H3,(H2,17,18,19). The summed E-state index contributed by atoms with van der Waals surface area (Å²) in [6, 6.07) is 10.1. The lowest BCUT2D eigenvalue weighted by Gasteiger charge is -2.26. The number of ether oxygens (including phenoxy) is 1. The fraction of sp³-hybridized carbons (Fsp3) is 0.562. The monoisotopic (exact) mass is 354 g/mol. The SMILES string of the molecule is CN=C(NCCS(=O)(=O)N1CCOCC1)NC(C)c1ccccc1. The molecule has 1 atom stereocenters. The third-order valence-electron chi connectivity index (χ3n) is 3.89. The Bertz CT molecular complexity index is 628. The molecule has 0 saturated carbocycles. The van der Waals surface area contributed by atoms with Crippen LogP contribution in [0.5, 0.6) is 0 Å². The van der Waals surface area contributed by atoms with E-state index in [9.17, 15) is 8.42 Å². The summed E-state index contributed by atoms with van der Waals surface area (Å²) in [6.07, 6.45) is 0. The molecule has 1 unspecified atom stereocenters. The summed E-state index contributed by atoms with van der Waals surface area (Å²) >= 11 is 0. The summed E-state index contributed by atoms with van der Waals surface area (Å²) in [6.45, 7) is 4.13. The molecule has 2 N–H and O–H groups in total. The molecule has 0 spiro atoms. The van der Waals surface area contributed by atoms with E-state index in [-0.39, 0.29) is 11.8 Å². The number of nitrogens with one attached hydrogen (secondary N) is 2. The fourth-order valence-electron chi connectivity index (χ4n) is 2.48. The number of nitrogens with zero attached hydrogens (tertiary/aromatic N) is 2. The van der Waals surface area contributed by atoms with Crippen LogP contribution in [-0.2, 0) is 14.8 Å². The molecule has 1 saturated heterocycles. The minimum absolute atomic E-state index is 0.0351. The van der Waals surface area contributed by atoms with Gasteiger partial charge in [0.2, 0.25) is 10.0 Å². The molecule has 1 aromatic carbocycles. The average molecular weight is 354 g/mol. The number of morpholine rings is 1. The minimum Gasteiger partial charge on any atom is -0.379 e. The molecular weight excluding hydrogens is 328 g/mol. The van der Waals surface area contributed by atoms with Crippen molar-refractivity contribution in [2.45, 2.75) is 13.0 Å². The molecule has 1 aliphatic heterocycles. The third kappa shape index (κ3) is 5.47. The van der Waals surface area contributed by atoms with Gasteiger partial charge in [-0.05, 0) is 12.5 Å². The van der Waals surface area contributed by atoms with Crippen molar-refractivity contribution < 1.29 is 13.2 Å². The average Bonchev–Trinajstić information content (AvgIpc) is 2.62. The van der Waals surface area contributed by atoms with Gasteiger partial charge in [0, 0.05) is 26.7 Å². The van der Waals surface area contributed by atoms with E-state index in [2.05, 4.69) is 15.6 Å². The van der Waals surface area contributed by atoms with Gasteiger partial charge >= 0.3 is 0 Å². The smallest absolute Gasteiger partial charge is 0.215 e. The highest BCUT2D eigenvalue weighted by Gasteiger charge is 2.23. The van der Waals surface area contributed by atoms with Gasteiger partial charge in [-0.25, -0.2) is 8.42 Å². The lowest BCUT2D eigenvalue weighted by Crippen LogP contribution is -2.45. The molecule has 24 heavy (non-hydrogen) atoms. The summed E-state index contributed by atoms with van der Waals surface area (Å²) in [5.41, 5.74) is 1.14. The lowest BCUT2D eigenvalue weighted by molar-refractivity contribution is 0.0730. The highest BCUT2D eigenvalue weighted by Crippen LogP contribution is 2.10. The predicted molar refractivity (Wildman–Crippen MR) is 95.5 cm³/mol. The number of sulfonamides is 1. The summed E-state index contributed by atoms with van der Waals surface area (Å²) in [7, 11) is -1.59. The number of hydrogen-bond donors (Lipinski definition) is 2. The van der Waals surface area contributed by atoms with Gasteiger partial charge in [-0.1, -0.05) is 30.3 Å². The number of hydrogen-bond acceptors (Lipinski definition) is 4. The van der Waals surface area contributed by atoms with Crippen molar-refractivity contribution in [3.63, 3.8) is 0 Å². The van der Waals surface area contributed by atoms with Crippen molar-refractivity contribution in [1.29, 1.82) is 0 Å². The van der Waals surface area contributed by atoms with Crippen molar-refractivity contribution in [1.82, 2.24) is 14.9 Å². The summed E-state index contributed by atoms with van der Waals surface area (Å²) in [5, 5.41) is 6.33. The Hall–Kier alpha value is -1.64. The highest BCUT2D eigenvalue weighted by molar-refractivity contribution is 7.89. The van der Waals surface area contributed by atoms with E-state index in [0.29, 0.717) is 38.8 Å². The van der Waals surface area contributed by atoms with Crippen molar-refractivity contribution in [2.24, 2.45) is 4.99 Å². The summed E-state index contributed by atoms with van der Waals surface area (Å²) < 4.78 is 31.2. The van der Waals surface area contributed by atoms with Crippen molar-refractivity contribution in [3.05, 3.63) is 35.9 Å². The van der Waals surface area contributed by atoms with E-state index in [4.69, 9.17) is 4.74 Å². The molecule has 0 aromatic heterocycles. The zero-order valence-electron chi connectivity index (χ0n) is 14.2. The molecule has 2 rings (SSSR count). The van der Waals surface area contributed by atoms with Gasteiger partial charge in [0.25, 0.3) is 0 Å². The van der Waals surface area contributed by atoms with Crippen LogP contribution >= 0.6 is 0 Å². The molecule has 1 aliphatic rings. The second-order valence-electron chi connectivity index (χ2n) is 5.60. The Labute approximate surface area is 144 Å². The molecule has 1 aromatic rings. The maximum atomic E-state index is 12.3. The van der Waals surface area contributed by atoms with Crippen LogP contribution < -0.4 is 10.6 Å². The summed E-state index contributed by atoms with van der Waals surface area (Å²) in [4.78, 5) is 4.15. The molecule has 1 fully saturated rings. The first-order valence-corrected chi connectivity index (χ1v) is 9.71. The second-order valence-corrected chi connectivity index (χ2v) is 7.69. The van der Waals surface area contributed by atoms with Gasteiger partial charge in [0.05, 0.1) is 25.0 Å². The van der Waals surface area contributed by atoms with Crippen LogP contribution in [0.3, 0.4) is 0 Å². The Morgan fingerprint density at radius 2 is 1.96 bits per heavy atom. The van der Waals surface area contributed by atoms with E-state index in [1.54, 1.807) is 7.05 Å². The predicted octanol–water partition coefficient (Wildman–Crippen LogP) is 0.575. The van der Waals surface area contributed by atoms with Gasteiger partial charge in [-0.3, -0.25) is 4.99 Å². The zero-order valence-corrected chi connectivity index (χ0v) is 15.1. The van der Waals surface area contributed by atoms with E-state index in [1.807, 2.05) is 37.3 Å². The van der Waals surface area contributed by atoms with E-state index < -0.39 is 10.0 Å². The molecule has 7 nitrogen and oxygen atoms in total. The largest absolute Gasteiger partial charge is 0.379 e. The fourth-order valence-corrected chi connectivity index (χ4v) is 3.80. The quantitative estimate of drug-likeness (QED) is 0.577. The highest BCUT2D eigenvalue weighted by atomic mass is 32.2. The van der Waals surface area contributed by atoms with Crippen molar-refractivity contribution >= 4 is 16.0 Å². The first kappa shape index (κ1) is 18.7. The van der Waals surface area contributed by atoms with Crippen LogP contribution in [0.2, 0.25) is 0 Å². The molecule has 134 valence electrons. The molecule has 0 amide bonds. The van der Waals surface area contributed by atoms with Crippen LogP contribution in [0, 0.1) is 0 Å². The van der Waals surface area contributed by atoms with E-state index in [1.165, 1.54) is 4.31 Å². The first-order chi connectivity index (χ1) is 11.5. The molecule has 1 heterocycles. The third-order valence-corrected chi connectivity index (χ3v) is 5.76. The Morgan fingerprint density at radius 1 is 1.29 bits per heavy atom. The first-order valence-electron chi connectivity index (χ1n) is 8.10. The van der Waals surface area contributed by atoms with E-state index >= 15 is 0 Å². The number of aliphatic imine (C=N–C) groups is 1. The molecule has 0 bridgehead atoms. The van der Waals surface area contributed by atoms with Gasteiger partial charge in [-0.2, -0.15) is 4.31 Å². The van der Waals surface area contributed by atoms with Crippen LogP contribution in [0.15, 0.2) is 35.3 Å². The van der Waals surface area contributed by atoms with E-state index in [0.717, 1.165) is 5.56 Å². The minimum atomic E-state index is -3.26. The Kier molecular flexibility index (Phi) is 7.01. The van der Waals surface area contributed by atoms with Crippen molar-refractivity contribution in [2.75, 3.05) is 45.6 Å². The van der Waals surface area contributed by atoms with Crippen LogP contribution in [-0.4, -0.2) is 64.3 Å². The van der Waals surface area contributed by atoms with Crippen LogP contribution in [0.25, 0.3) is 0 Å². The number of guanidine groups is 1. The lowest BCUT2D eigenvalue weighted by atomic mass is 10.1. The second kappa shape index (κ2) is 9.00. The van der Waals surface area contributed by atoms with Gasteiger partial charge in [0.15, 0.2) is 5.96 Å². The Morgan fingerprint density at radius 3 is 2.58 bits per heavy atom. The van der Waals surface area contributed by atoms with Gasteiger partial charge < -0.3 is 15.4 Å².